The number of piperidine rings is 1. The molecule has 1 saturated heterocycles. The fraction of sp³-hybridized carbons (Fsp3) is 0.458. The highest BCUT2D eigenvalue weighted by Crippen LogP contribution is 2.34. The predicted octanol–water partition coefficient (Wildman–Crippen LogP) is 4.15. The number of likely N-dealkylation sites (tertiary alicyclic amines) is 1. The van der Waals surface area contributed by atoms with Crippen molar-refractivity contribution in [2.45, 2.75) is 38.1 Å². The van der Waals surface area contributed by atoms with Crippen LogP contribution in [0.2, 0.25) is 0 Å². The first-order valence-electron chi connectivity index (χ1n) is 10.3. The highest BCUT2D eigenvalue weighted by molar-refractivity contribution is 5.94. The van der Waals surface area contributed by atoms with Crippen LogP contribution < -0.4 is 4.90 Å². The van der Waals surface area contributed by atoms with E-state index in [0.717, 1.165) is 44.6 Å². The number of amides is 1. The van der Waals surface area contributed by atoms with Gasteiger partial charge in [0.1, 0.15) is 0 Å². The number of hydrogen-bond acceptors (Lipinski definition) is 3. The Morgan fingerprint density at radius 2 is 1.64 bits per heavy atom. The summed E-state index contributed by atoms with van der Waals surface area (Å²) in [5.41, 5.74) is 2.08. The summed E-state index contributed by atoms with van der Waals surface area (Å²) >= 11 is 0. The minimum atomic E-state index is -0.271. The highest BCUT2D eigenvalue weighted by atomic mass is 16.5. The molecule has 4 heteroatoms. The van der Waals surface area contributed by atoms with Crippen LogP contribution in [0, 0.1) is 0 Å². The van der Waals surface area contributed by atoms with Crippen LogP contribution >= 0.6 is 0 Å². The zero-order valence-electron chi connectivity index (χ0n) is 17.1. The Morgan fingerprint density at radius 3 is 2.21 bits per heavy atom. The average molecular weight is 381 g/mol. The molecule has 3 rings (SSSR count). The van der Waals surface area contributed by atoms with Gasteiger partial charge in [-0.05, 0) is 37.0 Å². The standard InChI is InChI=1S/C24H32N2O2/c1-3-23(27)26(22-12-8-5-9-13-22)24(20-28-2)15-18-25(19-16-24)17-14-21-10-6-4-7-11-21/h4-13H,3,14-20H2,1-2H3. The molecule has 1 amide bonds. The van der Waals surface area contributed by atoms with Crippen LogP contribution in [-0.4, -0.2) is 49.7 Å². The fourth-order valence-corrected chi connectivity index (χ4v) is 4.24. The molecule has 0 spiro atoms. The number of nitrogens with zero attached hydrogens (tertiary/aromatic N) is 2. The SMILES string of the molecule is CCC(=O)N(c1ccccc1)C1(COC)CCN(CCc2ccccc2)CC1. The van der Waals surface area contributed by atoms with Crippen molar-refractivity contribution in [3.8, 4) is 0 Å². The van der Waals surface area contributed by atoms with Gasteiger partial charge >= 0.3 is 0 Å². The van der Waals surface area contributed by atoms with Crippen molar-refractivity contribution in [2.24, 2.45) is 0 Å². The summed E-state index contributed by atoms with van der Waals surface area (Å²) < 4.78 is 5.63. The van der Waals surface area contributed by atoms with Gasteiger partial charge < -0.3 is 14.5 Å². The van der Waals surface area contributed by atoms with E-state index in [1.165, 1.54) is 5.56 Å². The van der Waals surface area contributed by atoms with Crippen molar-refractivity contribution < 1.29 is 9.53 Å². The van der Waals surface area contributed by atoms with Crippen LogP contribution in [0.25, 0.3) is 0 Å². The molecule has 150 valence electrons. The number of ether oxygens (including phenoxy) is 1. The second kappa shape index (κ2) is 9.85. The molecule has 0 atom stereocenters. The van der Waals surface area contributed by atoms with E-state index in [-0.39, 0.29) is 11.4 Å². The van der Waals surface area contributed by atoms with Gasteiger partial charge in [0.2, 0.25) is 5.91 Å². The Hall–Kier alpha value is -2.17. The van der Waals surface area contributed by atoms with Gasteiger partial charge in [-0.3, -0.25) is 4.79 Å². The Morgan fingerprint density at radius 1 is 1.04 bits per heavy atom. The first kappa shape index (κ1) is 20.6. The number of carbonyl (C=O) groups excluding carboxylic acids is 1. The lowest BCUT2D eigenvalue weighted by Crippen LogP contribution is -2.60. The van der Waals surface area contributed by atoms with Gasteiger partial charge in [-0.15, -0.1) is 0 Å². The van der Waals surface area contributed by atoms with E-state index in [2.05, 4.69) is 35.2 Å². The molecule has 4 nitrogen and oxygen atoms in total. The first-order valence-corrected chi connectivity index (χ1v) is 10.3. The molecule has 0 N–H and O–H groups in total. The normalized spacial score (nSPS) is 16.6. The van der Waals surface area contributed by atoms with E-state index in [9.17, 15) is 4.79 Å². The van der Waals surface area contributed by atoms with Gasteiger partial charge in [-0.1, -0.05) is 55.5 Å². The van der Waals surface area contributed by atoms with Crippen LogP contribution in [0.3, 0.4) is 0 Å². The summed E-state index contributed by atoms with van der Waals surface area (Å²) in [6.45, 7) is 5.53. The molecule has 0 bridgehead atoms. The zero-order valence-corrected chi connectivity index (χ0v) is 17.1. The molecule has 0 unspecified atom stereocenters. The smallest absolute Gasteiger partial charge is 0.227 e. The molecule has 0 saturated carbocycles. The summed E-state index contributed by atoms with van der Waals surface area (Å²) in [5, 5.41) is 0. The summed E-state index contributed by atoms with van der Waals surface area (Å²) in [5.74, 6) is 0.168. The molecule has 0 aromatic heterocycles. The number of rotatable bonds is 8. The third kappa shape index (κ3) is 4.81. The number of benzene rings is 2. The lowest BCUT2D eigenvalue weighted by atomic mass is 9.85. The van der Waals surface area contributed by atoms with E-state index in [1.54, 1.807) is 7.11 Å². The van der Waals surface area contributed by atoms with Gasteiger partial charge in [0, 0.05) is 38.9 Å². The Balaban J connectivity index is 1.72. The van der Waals surface area contributed by atoms with Crippen molar-refractivity contribution in [1.82, 2.24) is 4.90 Å². The van der Waals surface area contributed by atoms with E-state index >= 15 is 0 Å². The van der Waals surface area contributed by atoms with Crippen LogP contribution in [0.4, 0.5) is 5.69 Å². The van der Waals surface area contributed by atoms with Gasteiger partial charge in [-0.25, -0.2) is 0 Å². The molecule has 1 aliphatic rings. The maximum absolute atomic E-state index is 12.9. The Bertz CT molecular complexity index is 725. The number of para-hydroxylation sites is 1. The molecular formula is C24H32N2O2. The molecule has 28 heavy (non-hydrogen) atoms. The zero-order chi connectivity index (χ0) is 19.8. The van der Waals surface area contributed by atoms with Gasteiger partial charge in [-0.2, -0.15) is 0 Å². The largest absolute Gasteiger partial charge is 0.382 e. The second-order valence-electron chi connectivity index (χ2n) is 7.65. The third-order valence-corrected chi connectivity index (χ3v) is 5.80. The highest BCUT2D eigenvalue weighted by Gasteiger charge is 2.42. The van der Waals surface area contributed by atoms with Crippen LogP contribution in [0.15, 0.2) is 60.7 Å². The maximum Gasteiger partial charge on any atom is 0.227 e. The fourth-order valence-electron chi connectivity index (χ4n) is 4.24. The summed E-state index contributed by atoms with van der Waals surface area (Å²) in [4.78, 5) is 17.5. The molecule has 2 aromatic rings. The molecular weight excluding hydrogens is 348 g/mol. The minimum absolute atomic E-state index is 0.168. The van der Waals surface area contributed by atoms with Crippen LogP contribution in [0.5, 0.6) is 0 Å². The Labute approximate surface area is 169 Å². The quantitative estimate of drug-likeness (QED) is 0.690. The van der Waals surface area contributed by atoms with E-state index < -0.39 is 0 Å². The molecule has 1 heterocycles. The number of hydrogen-bond donors (Lipinski definition) is 0. The lowest BCUT2D eigenvalue weighted by molar-refractivity contribution is -0.120. The topological polar surface area (TPSA) is 32.8 Å². The molecule has 1 fully saturated rings. The van der Waals surface area contributed by atoms with Gasteiger partial charge in [0.25, 0.3) is 0 Å². The third-order valence-electron chi connectivity index (χ3n) is 5.80. The molecule has 0 radical (unpaired) electrons. The summed E-state index contributed by atoms with van der Waals surface area (Å²) in [6, 6.07) is 20.7. The molecule has 0 aliphatic carbocycles. The van der Waals surface area contributed by atoms with Crippen LogP contribution in [0.1, 0.15) is 31.7 Å². The van der Waals surface area contributed by atoms with Crippen molar-refractivity contribution >= 4 is 11.6 Å². The Kier molecular flexibility index (Phi) is 7.24. The predicted molar refractivity (Wildman–Crippen MR) is 115 cm³/mol. The van der Waals surface area contributed by atoms with Crippen molar-refractivity contribution in [3.05, 3.63) is 66.2 Å². The van der Waals surface area contributed by atoms with Gasteiger partial charge in [0.05, 0.1) is 12.1 Å². The number of methoxy groups -OCH3 is 1. The van der Waals surface area contributed by atoms with Crippen LogP contribution in [-0.2, 0) is 16.0 Å². The molecule has 1 aliphatic heterocycles. The number of anilines is 1. The van der Waals surface area contributed by atoms with E-state index in [4.69, 9.17) is 4.74 Å². The average Bonchev–Trinajstić information content (AvgIpc) is 2.75. The maximum atomic E-state index is 12.9. The lowest BCUT2D eigenvalue weighted by Gasteiger charge is -2.48. The molecule has 2 aromatic carbocycles. The number of carbonyl (C=O) groups is 1. The van der Waals surface area contributed by atoms with E-state index in [1.807, 2.05) is 42.2 Å². The van der Waals surface area contributed by atoms with Gasteiger partial charge in [0.15, 0.2) is 0 Å². The monoisotopic (exact) mass is 380 g/mol. The van der Waals surface area contributed by atoms with Crippen molar-refractivity contribution in [3.63, 3.8) is 0 Å². The summed E-state index contributed by atoms with van der Waals surface area (Å²) in [7, 11) is 1.74. The van der Waals surface area contributed by atoms with Crippen molar-refractivity contribution in [1.29, 1.82) is 0 Å². The second-order valence-corrected chi connectivity index (χ2v) is 7.65. The first-order chi connectivity index (χ1) is 13.7. The van der Waals surface area contributed by atoms with E-state index in [0.29, 0.717) is 13.0 Å². The minimum Gasteiger partial charge on any atom is -0.382 e. The summed E-state index contributed by atoms with van der Waals surface area (Å²) in [6.07, 6.45) is 3.42. The van der Waals surface area contributed by atoms with Crippen molar-refractivity contribution in [2.75, 3.05) is 38.3 Å².